The number of hydrogen-bond acceptors (Lipinski definition) is 2. The van der Waals surface area contributed by atoms with Crippen molar-refractivity contribution in [2.24, 2.45) is 0 Å². The molecular weight excluding hydrogens is 333 g/mol. The Balaban J connectivity index is 2.54. The van der Waals surface area contributed by atoms with Crippen molar-refractivity contribution in [2.45, 2.75) is 37.5 Å². The van der Waals surface area contributed by atoms with E-state index in [1.165, 1.54) is 12.1 Å². The number of aryl methyl sites for hydroxylation is 1. The van der Waals surface area contributed by atoms with Crippen LogP contribution in [0.3, 0.4) is 0 Å². The normalized spacial score (nSPS) is 11.7. The minimum absolute atomic E-state index is 0.0213. The maximum atomic E-state index is 13.1. The molecule has 0 saturated carbocycles. The maximum absolute atomic E-state index is 13.1. The Labute approximate surface area is 122 Å². The molecule has 0 aliphatic rings. The van der Waals surface area contributed by atoms with E-state index in [2.05, 4.69) is 20.7 Å². The number of rotatable bonds is 8. The van der Waals surface area contributed by atoms with Crippen LogP contribution in [0, 0.1) is 12.7 Å². The van der Waals surface area contributed by atoms with Gasteiger partial charge in [0.15, 0.2) is 0 Å². The number of unbranched alkanes of at least 4 members (excludes halogenated alkanes) is 3. The summed E-state index contributed by atoms with van der Waals surface area (Å²) in [6, 6.07) is 3.79. The van der Waals surface area contributed by atoms with Gasteiger partial charge >= 0.3 is 0 Å². The highest BCUT2D eigenvalue weighted by Crippen LogP contribution is 2.16. The molecule has 0 bridgehead atoms. The summed E-state index contributed by atoms with van der Waals surface area (Å²) < 4.78 is 39.6. The van der Waals surface area contributed by atoms with Crippen LogP contribution < -0.4 is 4.72 Å². The zero-order chi connectivity index (χ0) is 14.3. The quantitative estimate of drug-likeness (QED) is 0.576. The predicted octanol–water partition coefficient (Wildman–Crippen LogP) is 3.37. The number of hydrogen-bond donors (Lipinski definition) is 1. The fourth-order valence-corrected chi connectivity index (χ4v) is 3.45. The molecule has 0 aromatic heterocycles. The van der Waals surface area contributed by atoms with Crippen LogP contribution in [0.2, 0.25) is 0 Å². The van der Waals surface area contributed by atoms with Crippen molar-refractivity contribution in [1.29, 1.82) is 0 Å². The molecule has 0 saturated heterocycles. The molecule has 0 atom stereocenters. The van der Waals surface area contributed by atoms with Crippen molar-refractivity contribution in [2.75, 3.05) is 11.9 Å². The molecule has 0 aliphatic carbocycles. The average molecular weight is 352 g/mol. The molecular formula is C13H19BrFNO2S. The van der Waals surface area contributed by atoms with Gasteiger partial charge in [0, 0.05) is 11.9 Å². The summed E-state index contributed by atoms with van der Waals surface area (Å²) in [4.78, 5) is 0.0213. The SMILES string of the molecule is Cc1ccc(F)cc1S(=O)(=O)NCCCCCCBr. The molecule has 0 unspecified atom stereocenters. The second-order valence-corrected chi connectivity index (χ2v) is 6.94. The molecule has 3 nitrogen and oxygen atoms in total. The second-order valence-electron chi connectivity index (χ2n) is 4.41. The summed E-state index contributed by atoms with van der Waals surface area (Å²) in [5.74, 6) is -0.539. The predicted molar refractivity (Wildman–Crippen MR) is 78.6 cm³/mol. The van der Waals surface area contributed by atoms with Crippen molar-refractivity contribution in [3.63, 3.8) is 0 Å². The molecule has 19 heavy (non-hydrogen) atoms. The van der Waals surface area contributed by atoms with E-state index in [1.807, 2.05) is 0 Å². The summed E-state index contributed by atoms with van der Waals surface area (Å²) in [7, 11) is -3.61. The summed E-state index contributed by atoms with van der Waals surface area (Å²) in [5, 5.41) is 0.973. The van der Waals surface area contributed by atoms with Gasteiger partial charge in [-0.25, -0.2) is 17.5 Å². The van der Waals surface area contributed by atoms with Crippen molar-refractivity contribution >= 4 is 26.0 Å². The van der Waals surface area contributed by atoms with Gasteiger partial charge in [-0.15, -0.1) is 0 Å². The highest BCUT2D eigenvalue weighted by molar-refractivity contribution is 9.09. The highest BCUT2D eigenvalue weighted by Gasteiger charge is 2.16. The molecule has 1 rings (SSSR count). The summed E-state index contributed by atoms with van der Waals surface area (Å²) >= 11 is 3.35. The van der Waals surface area contributed by atoms with Gasteiger partial charge in [-0.2, -0.15) is 0 Å². The zero-order valence-electron chi connectivity index (χ0n) is 11.0. The zero-order valence-corrected chi connectivity index (χ0v) is 13.4. The Morgan fingerprint density at radius 3 is 2.58 bits per heavy atom. The molecule has 0 aliphatic heterocycles. The lowest BCUT2D eigenvalue weighted by molar-refractivity contribution is 0.570. The van der Waals surface area contributed by atoms with Crippen molar-refractivity contribution in [3.05, 3.63) is 29.6 Å². The molecule has 0 heterocycles. The molecule has 1 aromatic carbocycles. The lowest BCUT2D eigenvalue weighted by Gasteiger charge is -2.09. The Morgan fingerprint density at radius 2 is 1.89 bits per heavy atom. The summed E-state index contributed by atoms with van der Waals surface area (Å²) in [6.07, 6.45) is 3.94. The van der Waals surface area contributed by atoms with E-state index < -0.39 is 15.8 Å². The lowest BCUT2D eigenvalue weighted by Crippen LogP contribution is -2.25. The van der Waals surface area contributed by atoms with E-state index in [-0.39, 0.29) is 4.90 Å². The van der Waals surface area contributed by atoms with Crippen LogP contribution in [0.25, 0.3) is 0 Å². The summed E-state index contributed by atoms with van der Waals surface area (Å²) in [6.45, 7) is 2.05. The van der Waals surface area contributed by atoms with Crippen LogP contribution in [0.5, 0.6) is 0 Å². The van der Waals surface area contributed by atoms with Gasteiger partial charge in [0.1, 0.15) is 5.82 Å². The average Bonchev–Trinajstić information content (AvgIpc) is 2.36. The standard InChI is InChI=1S/C13H19BrFNO2S/c1-11-6-7-12(15)10-13(11)19(17,18)16-9-5-3-2-4-8-14/h6-7,10,16H,2-5,8-9H2,1H3. The Hall–Kier alpha value is -0.460. The second kappa shape index (κ2) is 7.97. The topological polar surface area (TPSA) is 46.2 Å². The monoisotopic (exact) mass is 351 g/mol. The largest absolute Gasteiger partial charge is 0.240 e. The van der Waals surface area contributed by atoms with Crippen LogP contribution in [-0.4, -0.2) is 20.3 Å². The maximum Gasteiger partial charge on any atom is 0.240 e. The van der Waals surface area contributed by atoms with Gasteiger partial charge in [-0.05, 0) is 37.5 Å². The molecule has 1 N–H and O–H groups in total. The van der Waals surface area contributed by atoms with E-state index in [0.717, 1.165) is 37.1 Å². The van der Waals surface area contributed by atoms with E-state index in [4.69, 9.17) is 0 Å². The number of halogens is 2. The first-order chi connectivity index (χ1) is 8.97. The van der Waals surface area contributed by atoms with Crippen LogP contribution >= 0.6 is 15.9 Å². The van der Waals surface area contributed by atoms with Gasteiger partial charge in [0.2, 0.25) is 10.0 Å². The van der Waals surface area contributed by atoms with Crippen LogP contribution in [0.15, 0.2) is 23.1 Å². The number of nitrogens with one attached hydrogen (secondary N) is 1. The van der Waals surface area contributed by atoms with Crippen molar-refractivity contribution < 1.29 is 12.8 Å². The first-order valence-electron chi connectivity index (χ1n) is 6.29. The van der Waals surface area contributed by atoms with E-state index in [1.54, 1.807) is 6.92 Å². The Bertz CT molecular complexity index is 505. The van der Waals surface area contributed by atoms with Gasteiger partial charge in [0.05, 0.1) is 4.90 Å². The van der Waals surface area contributed by atoms with Crippen LogP contribution in [0.1, 0.15) is 31.2 Å². The fraction of sp³-hybridized carbons (Fsp3) is 0.538. The van der Waals surface area contributed by atoms with Crippen LogP contribution in [0.4, 0.5) is 4.39 Å². The van der Waals surface area contributed by atoms with Gasteiger partial charge in [-0.3, -0.25) is 0 Å². The lowest BCUT2D eigenvalue weighted by atomic mass is 10.2. The highest BCUT2D eigenvalue weighted by atomic mass is 79.9. The van der Waals surface area contributed by atoms with Gasteiger partial charge in [-0.1, -0.05) is 34.8 Å². The number of sulfonamides is 1. The molecule has 6 heteroatoms. The molecule has 0 spiro atoms. The minimum atomic E-state index is -3.61. The van der Waals surface area contributed by atoms with Gasteiger partial charge < -0.3 is 0 Å². The summed E-state index contributed by atoms with van der Waals surface area (Å²) in [5.41, 5.74) is 0.549. The number of benzene rings is 1. The third kappa shape index (κ3) is 5.58. The Kier molecular flexibility index (Phi) is 6.96. The van der Waals surface area contributed by atoms with E-state index >= 15 is 0 Å². The van der Waals surface area contributed by atoms with Crippen molar-refractivity contribution in [1.82, 2.24) is 4.72 Å². The van der Waals surface area contributed by atoms with Gasteiger partial charge in [0.25, 0.3) is 0 Å². The molecule has 0 amide bonds. The first kappa shape index (κ1) is 16.6. The fourth-order valence-electron chi connectivity index (χ4n) is 1.72. The van der Waals surface area contributed by atoms with Crippen molar-refractivity contribution in [3.8, 4) is 0 Å². The molecule has 0 radical (unpaired) electrons. The van der Waals surface area contributed by atoms with Crippen LogP contribution in [-0.2, 0) is 10.0 Å². The Morgan fingerprint density at radius 1 is 1.21 bits per heavy atom. The number of alkyl halides is 1. The molecule has 1 aromatic rings. The van der Waals surface area contributed by atoms with E-state index in [9.17, 15) is 12.8 Å². The van der Waals surface area contributed by atoms with E-state index in [0.29, 0.717) is 12.1 Å². The molecule has 108 valence electrons. The minimum Gasteiger partial charge on any atom is -0.211 e. The smallest absolute Gasteiger partial charge is 0.211 e. The third-order valence-corrected chi connectivity index (χ3v) is 4.96. The first-order valence-corrected chi connectivity index (χ1v) is 8.89. The third-order valence-electron chi connectivity index (χ3n) is 2.79. The molecule has 0 fully saturated rings.